The molecule has 1 N–H and O–H groups in total. The SMILES string of the molecule is CSc1cccc(Oc2ccc(C(=O)OC3(C(=O)OCC#N)[C@H](C)C[C@H]4[C@@H]5C[C@H](F)C6=CC(=O)C=C[C@]6(C)C5(F)[C@@H](O)C[C@@]43C)cc2)c1. The van der Waals surface area contributed by atoms with Crippen molar-refractivity contribution >= 4 is 29.5 Å². The highest BCUT2D eigenvalue weighted by atomic mass is 32.2. The third-order valence-corrected chi connectivity index (χ3v) is 12.1. The first-order valence-electron chi connectivity index (χ1n) is 15.9. The molecule has 4 aliphatic carbocycles. The lowest BCUT2D eigenvalue weighted by molar-refractivity contribution is -0.230. The van der Waals surface area contributed by atoms with Crippen LogP contribution in [0.15, 0.2) is 77.2 Å². The summed E-state index contributed by atoms with van der Waals surface area (Å²) in [5.41, 5.74) is -7.36. The lowest BCUT2D eigenvalue weighted by Gasteiger charge is -2.63. The Bertz CT molecular complexity index is 1760. The van der Waals surface area contributed by atoms with Gasteiger partial charge in [0.05, 0.1) is 11.7 Å². The second kappa shape index (κ2) is 12.1. The van der Waals surface area contributed by atoms with Crippen LogP contribution in [0.4, 0.5) is 8.78 Å². The Labute approximate surface area is 282 Å². The Morgan fingerprint density at radius 1 is 1.10 bits per heavy atom. The van der Waals surface area contributed by atoms with E-state index >= 15 is 8.78 Å². The minimum absolute atomic E-state index is 0.0158. The number of carbonyl (C=O) groups excluding carboxylic acids is 3. The highest BCUT2D eigenvalue weighted by Crippen LogP contribution is 2.71. The number of benzene rings is 2. The molecule has 2 aromatic carbocycles. The minimum atomic E-state index is -2.38. The zero-order valence-electron chi connectivity index (χ0n) is 27.1. The number of aliphatic hydroxyl groups is 1. The summed E-state index contributed by atoms with van der Waals surface area (Å²) in [5, 5.41) is 21.0. The lowest BCUT2D eigenvalue weighted by atomic mass is 9.44. The van der Waals surface area contributed by atoms with Crippen LogP contribution in [0, 0.1) is 39.9 Å². The van der Waals surface area contributed by atoms with E-state index < -0.39 is 76.5 Å². The maximum atomic E-state index is 17.7. The Kier molecular flexibility index (Phi) is 8.57. The van der Waals surface area contributed by atoms with E-state index in [1.807, 2.05) is 24.5 Å². The second-order valence-electron chi connectivity index (χ2n) is 13.7. The summed E-state index contributed by atoms with van der Waals surface area (Å²) in [7, 11) is 0. The Balaban J connectivity index is 1.35. The third kappa shape index (κ3) is 4.90. The summed E-state index contributed by atoms with van der Waals surface area (Å²) in [5.74, 6) is -3.82. The first kappa shape index (κ1) is 33.9. The van der Waals surface area contributed by atoms with Crippen LogP contribution in [0.25, 0.3) is 0 Å². The molecule has 0 bridgehead atoms. The lowest BCUT2D eigenvalue weighted by Crippen LogP contribution is -2.71. The highest BCUT2D eigenvalue weighted by Gasteiger charge is 2.78. The van der Waals surface area contributed by atoms with Gasteiger partial charge in [-0.2, -0.15) is 5.26 Å². The van der Waals surface area contributed by atoms with Crippen molar-refractivity contribution in [1.29, 1.82) is 5.26 Å². The van der Waals surface area contributed by atoms with Gasteiger partial charge < -0.3 is 19.3 Å². The molecule has 2 unspecified atom stereocenters. The van der Waals surface area contributed by atoms with Gasteiger partial charge in [-0.15, -0.1) is 11.8 Å². The van der Waals surface area contributed by atoms with E-state index in [1.54, 1.807) is 49.9 Å². The van der Waals surface area contributed by atoms with E-state index in [-0.39, 0.29) is 30.4 Å². The van der Waals surface area contributed by atoms with Crippen LogP contribution in [0.2, 0.25) is 0 Å². The average molecular weight is 678 g/mol. The molecule has 3 saturated carbocycles. The van der Waals surface area contributed by atoms with Crippen molar-refractivity contribution in [2.24, 2.45) is 28.6 Å². The van der Waals surface area contributed by atoms with E-state index in [9.17, 15) is 24.8 Å². The van der Waals surface area contributed by atoms with Crippen molar-refractivity contribution in [1.82, 2.24) is 0 Å². The standard InChI is InChI=1S/C37H37F2NO7S/c1-21-16-27-28-19-30(38)29-17-23(41)12-13-34(29,2)36(28,39)31(42)20-35(27,3)37(21,33(44)45-15-14-40)47-32(43)22-8-10-24(11-9-22)46-25-6-5-7-26(18-25)48-4/h5-13,17-18,21,27-28,30-31,42H,15-16,19-20H2,1-4H3/t21-,27+,28+,30+,31+,34+,35+,36?,37?/m1/s1. The van der Waals surface area contributed by atoms with Gasteiger partial charge in [-0.1, -0.05) is 26.0 Å². The van der Waals surface area contributed by atoms with Crippen molar-refractivity contribution in [3.63, 3.8) is 0 Å². The number of rotatable bonds is 7. The maximum Gasteiger partial charge on any atom is 0.352 e. The van der Waals surface area contributed by atoms with Gasteiger partial charge in [0, 0.05) is 27.6 Å². The number of thioether (sulfide) groups is 1. The predicted molar refractivity (Wildman–Crippen MR) is 173 cm³/mol. The molecule has 11 heteroatoms. The van der Waals surface area contributed by atoms with Gasteiger partial charge in [-0.25, -0.2) is 18.4 Å². The molecular weight excluding hydrogens is 640 g/mol. The molecule has 0 heterocycles. The number of carbonyl (C=O) groups is 3. The molecule has 0 spiro atoms. The molecule has 0 saturated heterocycles. The van der Waals surface area contributed by atoms with Crippen molar-refractivity contribution in [2.75, 3.05) is 12.9 Å². The van der Waals surface area contributed by atoms with Crippen molar-refractivity contribution in [2.45, 2.75) is 68.5 Å². The fourth-order valence-electron chi connectivity index (χ4n) is 9.09. The normalized spacial score (nSPS) is 36.5. The summed E-state index contributed by atoms with van der Waals surface area (Å²) in [6.07, 6.45) is 1.70. The summed E-state index contributed by atoms with van der Waals surface area (Å²) < 4.78 is 51.1. The first-order chi connectivity index (χ1) is 22.7. The third-order valence-electron chi connectivity index (χ3n) is 11.4. The molecule has 9 atom stereocenters. The number of nitriles is 1. The van der Waals surface area contributed by atoms with E-state index in [4.69, 9.17) is 14.2 Å². The van der Waals surface area contributed by atoms with Gasteiger partial charge in [0.25, 0.3) is 0 Å². The second-order valence-corrected chi connectivity index (χ2v) is 14.5. The number of hydrogen-bond donors (Lipinski definition) is 1. The van der Waals surface area contributed by atoms with E-state index in [2.05, 4.69) is 0 Å². The van der Waals surface area contributed by atoms with E-state index in [0.717, 1.165) is 11.0 Å². The van der Waals surface area contributed by atoms with Crippen LogP contribution in [-0.2, 0) is 19.1 Å². The molecule has 3 fully saturated rings. The summed E-state index contributed by atoms with van der Waals surface area (Å²) >= 11 is 1.57. The quantitative estimate of drug-likeness (QED) is 0.251. The highest BCUT2D eigenvalue weighted by molar-refractivity contribution is 7.98. The molecule has 4 aliphatic rings. The average Bonchev–Trinajstić information content (AvgIpc) is 3.28. The molecule has 2 aromatic rings. The van der Waals surface area contributed by atoms with Gasteiger partial charge in [0.1, 0.15) is 23.7 Å². The number of halogens is 2. The van der Waals surface area contributed by atoms with Gasteiger partial charge in [0.15, 0.2) is 18.1 Å². The Hall–Kier alpha value is -4.01. The number of nitrogens with zero attached hydrogens (tertiary/aromatic N) is 1. The number of esters is 2. The summed E-state index contributed by atoms with van der Waals surface area (Å²) in [4.78, 5) is 41.1. The number of ether oxygens (including phenoxy) is 3. The zero-order valence-corrected chi connectivity index (χ0v) is 27.9. The van der Waals surface area contributed by atoms with Gasteiger partial charge in [-0.05, 0) is 98.5 Å². The molecule has 0 radical (unpaired) electrons. The zero-order chi connectivity index (χ0) is 34.6. The maximum absolute atomic E-state index is 17.7. The number of fused-ring (bicyclic) bond motifs is 5. The van der Waals surface area contributed by atoms with Crippen LogP contribution in [0.3, 0.4) is 0 Å². The van der Waals surface area contributed by atoms with Crippen molar-refractivity contribution in [3.05, 3.63) is 77.9 Å². The number of alkyl halides is 2. The van der Waals surface area contributed by atoms with Crippen LogP contribution < -0.4 is 4.74 Å². The molecular formula is C37H37F2NO7S. The monoisotopic (exact) mass is 677 g/mol. The Morgan fingerprint density at radius 2 is 1.83 bits per heavy atom. The minimum Gasteiger partial charge on any atom is -0.457 e. The molecule has 8 nitrogen and oxygen atoms in total. The molecule has 0 amide bonds. The van der Waals surface area contributed by atoms with E-state index in [1.165, 1.54) is 31.2 Å². The summed E-state index contributed by atoms with van der Waals surface area (Å²) in [6, 6.07) is 15.4. The molecule has 0 aromatic heterocycles. The van der Waals surface area contributed by atoms with Crippen LogP contribution in [0.5, 0.6) is 11.5 Å². The molecule has 6 rings (SSSR count). The van der Waals surface area contributed by atoms with Crippen LogP contribution >= 0.6 is 11.8 Å². The van der Waals surface area contributed by atoms with Crippen LogP contribution in [-0.4, -0.2) is 59.2 Å². The van der Waals surface area contributed by atoms with Gasteiger partial charge >= 0.3 is 11.9 Å². The van der Waals surface area contributed by atoms with Crippen molar-refractivity contribution < 1.29 is 42.5 Å². The van der Waals surface area contributed by atoms with Crippen molar-refractivity contribution in [3.8, 4) is 17.6 Å². The molecule has 252 valence electrons. The molecule has 48 heavy (non-hydrogen) atoms. The smallest absolute Gasteiger partial charge is 0.352 e. The first-order valence-corrected chi connectivity index (χ1v) is 17.1. The van der Waals surface area contributed by atoms with Gasteiger partial charge in [-0.3, -0.25) is 4.79 Å². The van der Waals surface area contributed by atoms with Gasteiger partial charge in [0.2, 0.25) is 5.60 Å². The fourth-order valence-corrected chi connectivity index (χ4v) is 9.54. The fraction of sp³-hybridized carbons (Fsp3) is 0.459. The molecule has 0 aliphatic heterocycles. The predicted octanol–water partition coefficient (Wildman–Crippen LogP) is 6.73. The topological polar surface area (TPSA) is 123 Å². The number of aliphatic hydroxyl groups excluding tert-OH is 1. The number of ketones is 1. The largest absolute Gasteiger partial charge is 0.457 e. The van der Waals surface area contributed by atoms with E-state index in [0.29, 0.717) is 11.5 Å². The summed E-state index contributed by atoms with van der Waals surface area (Å²) in [6.45, 7) is 4.20. The number of allylic oxidation sites excluding steroid dienone is 4. The Morgan fingerprint density at radius 3 is 2.52 bits per heavy atom. The number of hydrogen-bond acceptors (Lipinski definition) is 9. The van der Waals surface area contributed by atoms with Crippen LogP contribution in [0.1, 0.15) is 50.4 Å².